The van der Waals surface area contributed by atoms with Crippen LogP contribution in [0.1, 0.15) is 164 Å². The first-order chi connectivity index (χ1) is 22.7. The molecule has 0 amide bonds. The Kier molecular flexibility index (Phi) is 13.5. The quantitative estimate of drug-likeness (QED) is 0.146. The number of hydrogen-bond donors (Lipinski definition) is 1. The van der Waals surface area contributed by atoms with Crippen LogP contribution in [-0.4, -0.2) is 75.3 Å². The van der Waals surface area contributed by atoms with Crippen molar-refractivity contribution < 1.29 is 24.2 Å². The van der Waals surface area contributed by atoms with E-state index in [0.717, 1.165) is 81.8 Å². The molecule has 2 unspecified atom stereocenters. The molecule has 280 valence electrons. The number of aryl methyl sites for hydroxylation is 1. The summed E-state index contributed by atoms with van der Waals surface area (Å²) >= 11 is 0. The Morgan fingerprint density at radius 2 is 1.20 bits per heavy atom. The SMILES string of the molecule is CCCCc1cc(O)ccc1C(CCCC)(CCCC)C(C(=O)OC1CCC(C)(C)N(C)C1(C)C)C(=O)OC1CCC(C)(C)N(C)C1(C)C. The molecule has 0 radical (unpaired) electrons. The van der Waals surface area contributed by atoms with Crippen LogP contribution < -0.4 is 0 Å². The Bertz CT molecular complexity index is 1200. The summed E-state index contributed by atoms with van der Waals surface area (Å²) in [4.78, 5) is 34.9. The molecule has 1 N–H and O–H groups in total. The lowest BCUT2D eigenvalue weighted by Gasteiger charge is -2.55. The zero-order chi connectivity index (χ0) is 37.0. The maximum atomic E-state index is 15.1. The average Bonchev–Trinajstić information content (AvgIpc) is 3.03. The molecule has 1 aromatic rings. The first-order valence-corrected chi connectivity index (χ1v) is 19.4. The van der Waals surface area contributed by atoms with E-state index in [9.17, 15) is 5.11 Å². The van der Waals surface area contributed by atoms with Crippen LogP contribution in [0.5, 0.6) is 5.75 Å². The lowest BCUT2D eigenvalue weighted by atomic mass is 9.62. The maximum Gasteiger partial charge on any atom is 0.321 e. The highest BCUT2D eigenvalue weighted by atomic mass is 16.6. The number of phenols is 1. The first-order valence-electron chi connectivity index (χ1n) is 19.4. The van der Waals surface area contributed by atoms with E-state index in [4.69, 9.17) is 9.47 Å². The molecule has 2 fully saturated rings. The summed E-state index contributed by atoms with van der Waals surface area (Å²) in [6.45, 7) is 24.0. The fourth-order valence-electron chi connectivity index (χ4n) is 8.84. The minimum absolute atomic E-state index is 0.0384. The van der Waals surface area contributed by atoms with Gasteiger partial charge in [-0.1, -0.05) is 58.9 Å². The predicted octanol–water partition coefficient (Wildman–Crippen LogP) is 9.36. The van der Waals surface area contributed by atoms with Gasteiger partial charge in [0.15, 0.2) is 5.92 Å². The van der Waals surface area contributed by atoms with Crippen molar-refractivity contribution in [3.63, 3.8) is 0 Å². The molecule has 2 atom stereocenters. The molecule has 1 aromatic carbocycles. The Balaban J connectivity index is 2.24. The molecular formula is C42H72N2O5. The van der Waals surface area contributed by atoms with Crippen molar-refractivity contribution in [2.45, 2.75) is 199 Å². The van der Waals surface area contributed by atoms with E-state index in [1.807, 2.05) is 12.1 Å². The van der Waals surface area contributed by atoms with Crippen molar-refractivity contribution in [3.8, 4) is 5.75 Å². The van der Waals surface area contributed by atoms with Crippen LogP contribution in [0, 0.1) is 5.92 Å². The number of carbonyl (C=O) groups excluding carboxylic acids is 2. The predicted molar refractivity (Wildman–Crippen MR) is 201 cm³/mol. The summed E-state index contributed by atoms with van der Waals surface area (Å²) in [6, 6.07) is 5.57. The average molecular weight is 685 g/mol. The van der Waals surface area contributed by atoms with Gasteiger partial charge in [0.2, 0.25) is 0 Å². The van der Waals surface area contributed by atoms with Crippen LogP contribution in [-0.2, 0) is 30.9 Å². The minimum atomic E-state index is -1.14. The second-order valence-corrected chi connectivity index (χ2v) is 17.7. The van der Waals surface area contributed by atoms with E-state index in [2.05, 4.69) is 100 Å². The summed E-state index contributed by atoms with van der Waals surface area (Å²) in [7, 11) is 4.22. The van der Waals surface area contributed by atoms with Gasteiger partial charge in [0.05, 0.1) is 11.1 Å². The van der Waals surface area contributed by atoms with E-state index >= 15 is 9.59 Å². The van der Waals surface area contributed by atoms with Gasteiger partial charge in [-0.05, 0) is 144 Å². The molecule has 0 aliphatic carbocycles. The third-order valence-electron chi connectivity index (χ3n) is 13.1. The smallest absolute Gasteiger partial charge is 0.321 e. The molecule has 2 aliphatic rings. The second-order valence-electron chi connectivity index (χ2n) is 17.7. The van der Waals surface area contributed by atoms with Gasteiger partial charge in [-0.15, -0.1) is 0 Å². The van der Waals surface area contributed by atoms with Crippen LogP contribution in [0.4, 0.5) is 0 Å². The number of likely N-dealkylation sites (tertiary alicyclic amines) is 2. The zero-order valence-corrected chi connectivity index (χ0v) is 33.6. The number of likely N-dealkylation sites (N-methyl/N-ethyl adjacent to an activating group) is 2. The molecule has 49 heavy (non-hydrogen) atoms. The molecule has 0 spiro atoms. The van der Waals surface area contributed by atoms with Crippen molar-refractivity contribution >= 4 is 11.9 Å². The highest BCUT2D eigenvalue weighted by molar-refractivity contribution is 5.97. The second kappa shape index (κ2) is 16.0. The number of carbonyl (C=O) groups is 2. The third kappa shape index (κ3) is 8.68. The van der Waals surface area contributed by atoms with Gasteiger partial charge < -0.3 is 14.6 Å². The zero-order valence-electron chi connectivity index (χ0n) is 33.6. The van der Waals surface area contributed by atoms with Crippen molar-refractivity contribution in [2.75, 3.05) is 14.1 Å². The topological polar surface area (TPSA) is 79.3 Å². The highest BCUT2D eigenvalue weighted by Crippen LogP contribution is 2.48. The Morgan fingerprint density at radius 3 is 1.61 bits per heavy atom. The van der Waals surface area contributed by atoms with Gasteiger partial charge in [0, 0.05) is 16.5 Å². The fraction of sp³-hybridized carbons (Fsp3) is 0.810. The molecule has 2 saturated heterocycles. The molecule has 2 aliphatic heterocycles. The van der Waals surface area contributed by atoms with Gasteiger partial charge in [-0.2, -0.15) is 0 Å². The third-order valence-corrected chi connectivity index (χ3v) is 13.1. The number of ether oxygens (including phenoxy) is 2. The van der Waals surface area contributed by atoms with Crippen LogP contribution in [0.25, 0.3) is 0 Å². The number of piperidine rings is 2. The Hall–Kier alpha value is -2.12. The molecule has 0 saturated carbocycles. The summed E-state index contributed by atoms with van der Waals surface area (Å²) in [5.41, 5.74) is 0.232. The van der Waals surface area contributed by atoms with E-state index in [1.54, 1.807) is 6.07 Å². The van der Waals surface area contributed by atoms with Crippen LogP contribution in [0.2, 0.25) is 0 Å². The van der Waals surface area contributed by atoms with Crippen molar-refractivity contribution in [1.82, 2.24) is 9.80 Å². The Labute approximate surface area is 299 Å². The molecule has 3 rings (SSSR count). The first kappa shape index (κ1) is 41.3. The summed E-state index contributed by atoms with van der Waals surface area (Å²) in [5, 5.41) is 10.7. The molecule has 0 aromatic heterocycles. The molecule has 0 bridgehead atoms. The lowest BCUT2D eigenvalue weighted by Crippen LogP contribution is -2.64. The number of aromatic hydroxyl groups is 1. The van der Waals surface area contributed by atoms with Gasteiger partial charge >= 0.3 is 11.9 Å². The molecule has 7 heteroatoms. The van der Waals surface area contributed by atoms with Gasteiger partial charge in [-0.25, -0.2) is 0 Å². The number of hydrogen-bond acceptors (Lipinski definition) is 7. The van der Waals surface area contributed by atoms with E-state index in [1.165, 1.54) is 0 Å². The monoisotopic (exact) mass is 685 g/mol. The number of esters is 2. The van der Waals surface area contributed by atoms with Crippen LogP contribution >= 0.6 is 0 Å². The number of phenolic OH excluding ortho intramolecular Hbond substituents is 1. The van der Waals surface area contributed by atoms with Crippen LogP contribution in [0.3, 0.4) is 0 Å². The van der Waals surface area contributed by atoms with Crippen molar-refractivity contribution in [2.24, 2.45) is 5.92 Å². The normalized spacial score (nSPS) is 24.3. The number of unbranched alkanes of at least 4 members (excludes halogenated alkanes) is 3. The van der Waals surface area contributed by atoms with Gasteiger partial charge in [0.1, 0.15) is 18.0 Å². The number of nitrogens with zero attached hydrogens (tertiary/aromatic N) is 2. The van der Waals surface area contributed by atoms with Crippen LogP contribution in [0.15, 0.2) is 18.2 Å². The van der Waals surface area contributed by atoms with E-state index in [-0.39, 0.29) is 29.0 Å². The fourth-order valence-corrected chi connectivity index (χ4v) is 8.84. The minimum Gasteiger partial charge on any atom is -0.508 e. The van der Waals surface area contributed by atoms with Gasteiger partial charge in [0.25, 0.3) is 0 Å². The highest BCUT2D eigenvalue weighted by Gasteiger charge is 2.55. The Morgan fingerprint density at radius 1 is 0.776 bits per heavy atom. The molecule has 7 nitrogen and oxygen atoms in total. The van der Waals surface area contributed by atoms with Crippen molar-refractivity contribution in [1.29, 1.82) is 0 Å². The van der Waals surface area contributed by atoms with Crippen molar-refractivity contribution in [3.05, 3.63) is 29.3 Å². The number of rotatable bonds is 15. The molecular weight excluding hydrogens is 612 g/mol. The summed E-state index contributed by atoms with van der Waals surface area (Å²) in [6.07, 6.45) is 10.1. The maximum absolute atomic E-state index is 15.1. The standard InChI is InChI=1S/C42H72N2O5/c1-14-17-20-30-29-31(45)21-22-32(30)42(25-18-15-2,26-19-16-3)35(36(46)48-33-23-27-38(4,5)43(12)40(33,8)9)37(47)49-34-24-28-39(6,7)44(13)41(34,10)11/h21-22,29,33-35,45H,14-20,23-28H2,1-13H3. The lowest BCUT2D eigenvalue weighted by molar-refractivity contribution is -0.190. The largest absolute Gasteiger partial charge is 0.508 e. The van der Waals surface area contributed by atoms with E-state index < -0.39 is 34.3 Å². The van der Waals surface area contributed by atoms with E-state index in [0.29, 0.717) is 12.8 Å². The van der Waals surface area contributed by atoms with Gasteiger partial charge in [-0.3, -0.25) is 19.4 Å². The summed E-state index contributed by atoms with van der Waals surface area (Å²) < 4.78 is 13.3. The number of benzene rings is 1. The summed E-state index contributed by atoms with van der Waals surface area (Å²) in [5.74, 6) is -1.87. The molecule has 2 heterocycles.